The predicted molar refractivity (Wildman–Crippen MR) is 190 cm³/mol. The number of fused-ring (bicyclic) bond motifs is 6. The number of benzene rings is 9. The van der Waals surface area contributed by atoms with Crippen molar-refractivity contribution in [2.45, 2.75) is 0 Å². The van der Waals surface area contributed by atoms with Crippen LogP contribution in [0.5, 0.6) is 0 Å². The highest BCUT2D eigenvalue weighted by Gasteiger charge is 2.10. The minimum absolute atomic E-state index is 1.23. The van der Waals surface area contributed by atoms with E-state index in [1.807, 2.05) is 0 Å². The first-order chi connectivity index (χ1) is 21.8. The lowest BCUT2D eigenvalue weighted by Crippen LogP contribution is -1.86. The van der Waals surface area contributed by atoms with Crippen LogP contribution in [-0.2, 0) is 0 Å². The number of hydrogen-bond donors (Lipinski definition) is 0. The average molecular weight is 557 g/mol. The molecular formula is C44H28. The lowest BCUT2D eigenvalue weighted by molar-refractivity contribution is 1.65. The summed E-state index contributed by atoms with van der Waals surface area (Å²) < 4.78 is 0. The van der Waals surface area contributed by atoms with E-state index in [4.69, 9.17) is 0 Å². The first kappa shape index (κ1) is 24.8. The average Bonchev–Trinajstić information content (AvgIpc) is 3.10. The summed E-state index contributed by atoms with van der Waals surface area (Å²) in [6.07, 6.45) is 0. The third kappa shape index (κ3) is 4.15. The van der Waals surface area contributed by atoms with Crippen LogP contribution < -0.4 is 0 Å². The molecule has 0 N–H and O–H groups in total. The van der Waals surface area contributed by atoms with Crippen LogP contribution in [0.2, 0.25) is 0 Å². The fourth-order valence-electron chi connectivity index (χ4n) is 6.86. The van der Waals surface area contributed by atoms with Crippen molar-refractivity contribution in [1.29, 1.82) is 0 Å². The largest absolute Gasteiger partial charge is 0.0616 e. The van der Waals surface area contributed by atoms with Gasteiger partial charge in [-0.1, -0.05) is 133 Å². The van der Waals surface area contributed by atoms with E-state index < -0.39 is 0 Å². The van der Waals surface area contributed by atoms with Gasteiger partial charge in [-0.05, 0) is 124 Å². The molecule has 0 aliphatic carbocycles. The van der Waals surface area contributed by atoms with Gasteiger partial charge in [-0.15, -0.1) is 0 Å². The highest BCUT2D eigenvalue weighted by atomic mass is 14.1. The van der Waals surface area contributed by atoms with Crippen LogP contribution in [0.4, 0.5) is 0 Å². The van der Waals surface area contributed by atoms with Crippen molar-refractivity contribution in [3.63, 3.8) is 0 Å². The van der Waals surface area contributed by atoms with Gasteiger partial charge in [0.05, 0.1) is 0 Å². The Morgan fingerprint density at radius 2 is 0.591 bits per heavy atom. The summed E-state index contributed by atoms with van der Waals surface area (Å²) >= 11 is 0. The summed E-state index contributed by atoms with van der Waals surface area (Å²) in [7, 11) is 0. The third-order valence-electron chi connectivity index (χ3n) is 9.18. The van der Waals surface area contributed by atoms with E-state index >= 15 is 0 Å². The molecular weight excluding hydrogens is 528 g/mol. The fourth-order valence-corrected chi connectivity index (χ4v) is 6.86. The van der Waals surface area contributed by atoms with Crippen molar-refractivity contribution in [3.8, 4) is 33.4 Å². The second kappa shape index (κ2) is 9.93. The van der Waals surface area contributed by atoms with Crippen LogP contribution >= 0.6 is 0 Å². The SMILES string of the molecule is c1ccc2cc(-c3ccc4cc(-c5ccc6ccc(-c7cc8ccccc8c8ccccc78)cc6c5)ccc4c3)ccc2c1. The Balaban J connectivity index is 1.11. The Hall–Kier alpha value is -5.72. The molecule has 0 saturated carbocycles. The lowest BCUT2D eigenvalue weighted by atomic mass is 9.91. The van der Waals surface area contributed by atoms with Crippen LogP contribution in [0.25, 0.3) is 87.2 Å². The van der Waals surface area contributed by atoms with Gasteiger partial charge in [0.15, 0.2) is 0 Å². The first-order valence-corrected chi connectivity index (χ1v) is 15.2. The molecule has 0 fully saturated rings. The van der Waals surface area contributed by atoms with Gasteiger partial charge in [0.2, 0.25) is 0 Å². The first-order valence-electron chi connectivity index (χ1n) is 15.2. The maximum Gasteiger partial charge on any atom is -0.00988 e. The molecule has 9 aromatic rings. The van der Waals surface area contributed by atoms with E-state index in [1.165, 1.54) is 87.2 Å². The van der Waals surface area contributed by atoms with Gasteiger partial charge >= 0.3 is 0 Å². The molecule has 0 aromatic heterocycles. The van der Waals surface area contributed by atoms with Crippen molar-refractivity contribution in [2.75, 3.05) is 0 Å². The van der Waals surface area contributed by atoms with E-state index in [-0.39, 0.29) is 0 Å². The molecule has 0 nitrogen and oxygen atoms in total. The summed E-state index contributed by atoms with van der Waals surface area (Å²) in [5.74, 6) is 0. The Bertz CT molecular complexity index is 2550. The summed E-state index contributed by atoms with van der Waals surface area (Å²) in [6.45, 7) is 0. The number of hydrogen-bond acceptors (Lipinski definition) is 0. The molecule has 0 saturated heterocycles. The van der Waals surface area contributed by atoms with E-state index in [0.717, 1.165) is 0 Å². The molecule has 0 heteroatoms. The molecule has 44 heavy (non-hydrogen) atoms. The summed E-state index contributed by atoms with van der Waals surface area (Å²) in [5.41, 5.74) is 7.49. The molecule has 0 spiro atoms. The molecule has 9 aromatic carbocycles. The zero-order chi connectivity index (χ0) is 29.0. The van der Waals surface area contributed by atoms with E-state index in [2.05, 4.69) is 170 Å². The lowest BCUT2D eigenvalue weighted by Gasteiger charge is -2.12. The molecule has 0 aliphatic heterocycles. The maximum atomic E-state index is 2.35. The van der Waals surface area contributed by atoms with Gasteiger partial charge in [-0.3, -0.25) is 0 Å². The van der Waals surface area contributed by atoms with Crippen LogP contribution in [0.1, 0.15) is 0 Å². The van der Waals surface area contributed by atoms with Crippen molar-refractivity contribution >= 4 is 53.9 Å². The quantitative estimate of drug-likeness (QED) is 0.190. The molecule has 9 rings (SSSR count). The van der Waals surface area contributed by atoms with Gasteiger partial charge in [0, 0.05) is 0 Å². The van der Waals surface area contributed by atoms with Gasteiger partial charge in [-0.25, -0.2) is 0 Å². The van der Waals surface area contributed by atoms with Crippen molar-refractivity contribution < 1.29 is 0 Å². The Morgan fingerprint density at radius 3 is 1.23 bits per heavy atom. The van der Waals surface area contributed by atoms with E-state index in [9.17, 15) is 0 Å². The van der Waals surface area contributed by atoms with Crippen molar-refractivity contribution in [2.24, 2.45) is 0 Å². The van der Waals surface area contributed by atoms with Crippen LogP contribution in [0, 0.1) is 0 Å². The molecule has 0 aliphatic rings. The summed E-state index contributed by atoms with van der Waals surface area (Å²) in [4.78, 5) is 0. The Kier molecular flexibility index (Phi) is 5.61. The minimum Gasteiger partial charge on any atom is -0.0616 e. The van der Waals surface area contributed by atoms with E-state index in [0.29, 0.717) is 0 Å². The van der Waals surface area contributed by atoms with Crippen LogP contribution in [0.3, 0.4) is 0 Å². The van der Waals surface area contributed by atoms with Crippen LogP contribution in [0.15, 0.2) is 170 Å². The Labute approximate surface area is 256 Å². The molecule has 204 valence electrons. The van der Waals surface area contributed by atoms with Crippen molar-refractivity contribution in [3.05, 3.63) is 170 Å². The zero-order valence-electron chi connectivity index (χ0n) is 24.2. The molecule has 0 heterocycles. The predicted octanol–water partition coefficient (Wildman–Crippen LogP) is 12.5. The van der Waals surface area contributed by atoms with E-state index in [1.54, 1.807) is 0 Å². The zero-order valence-corrected chi connectivity index (χ0v) is 24.2. The highest BCUT2D eigenvalue weighted by molar-refractivity contribution is 6.14. The molecule has 0 radical (unpaired) electrons. The van der Waals surface area contributed by atoms with Gasteiger partial charge in [0.1, 0.15) is 0 Å². The maximum absolute atomic E-state index is 2.35. The van der Waals surface area contributed by atoms with Gasteiger partial charge < -0.3 is 0 Å². The molecule has 0 amide bonds. The third-order valence-corrected chi connectivity index (χ3v) is 9.18. The van der Waals surface area contributed by atoms with Crippen molar-refractivity contribution in [1.82, 2.24) is 0 Å². The highest BCUT2D eigenvalue weighted by Crippen LogP contribution is 2.37. The Morgan fingerprint density at radius 1 is 0.205 bits per heavy atom. The monoisotopic (exact) mass is 556 g/mol. The summed E-state index contributed by atoms with van der Waals surface area (Å²) in [5, 5.41) is 12.7. The fraction of sp³-hybridized carbons (Fsp3) is 0. The van der Waals surface area contributed by atoms with Gasteiger partial charge in [-0.2, -0.15) is 0 Å². The van der Waals surface area contributed by atoms with Crippen LogP contribution in [-0.4, -0.2) is 0 Å². The standard InChI is InChI=1S/C44H28/c1-2-8-31-23-32(16-13-29(31)7-1)33-18-19-35-25-36(21-20-34(35)24-33)37-17-14-30-15-22-39(27-40(30)26-37)44-28-38-9-3-4-10-41(38)42-11-5-6-12-43(42)44/h1-28H. The smallest absolute Gasteiger partial charge is 0.00988 e. The minimum atomic E-state index is 1.23. The normalized spacial score (nSPS) is 11.6. The second-order valence-corrected chi connectivity index (χ2v) is 11.8. The topological polar surface area (TPSA) is 0 Å². The molecule has 0 atom stereocenters. The summed E-state index contributed by atoms with van der Waals surface area (Å²) in [6, 6.07) is 62.5. The molecule has 0 bridgehead atoms. The second-order valence-electron chi connectivity index (χ2n) is 11.8. The van der Waals surface area contributed by atoms with Gasteiger partial charge in [0.25, 0.3) is 0 Å². The molecule has 0 unspecified atom stereocenters. The number of rotatable bonds is 3.